The Morgan fingerprint density at radius 2 is 1.83 bits per heavy atom. The van der Waals surface area contributed by atoms with Crippen LogP contribution < -0.4 is 16.8 Å². The molecule has 2 aliphatic heterocycles. The standard InChI is InChI=1S/C16H24N4O2S/c1-15(7-9-20(10-8-15)23(2,21)22)16(18)12-5-3-4-6-13(12)19-11-14(16)17/h3-6,11,19H,7-10,17-18H2,1-2H3. The Balaban J connectivity index is 1.99. The van der Waals surface area contributed by atoms with E-state index in [9.17, 15) is 8.42 Å². The van der Waals surface area contributed by atoms with E-state index in [-0.39, 0.29) is 5.41 Å². The Morgan fingerprint density at radius 1 is 1.22 bits per heavy atom. The van der Waals surface area contributed by atoms with Crippen LogP contribution in [0.25, 0.3) is 0 Å². The second-order valence-corrected chi connectivity index (χ2v) is 8.80. The first-order chi connectivity index (χ1) is 10.7. The summed E-state index contributed by atoms with van der Waals surface area (Å²) in [4.78, 5) is 0. The number of hydrogen-bond acceptors (Lipinski definition) is 5. The molecule has 1 aromatic rings. The first-order valence-corrected chi connectivity index (χ1v) is 9.59. The number of para-hydroxylation sites is 1. The van der Waals surface area contributed by atoms with E-state index in [1.807, 2.05) is 24.3 Å². The van der Waals surface area contributed by atoms with Crippen molar-refractivity contribution in [3.63, 3.8) is 0 Å². The largest absolute Gasteiger partial charge is 0.399 e. The quantitative estimate of drug-likeness (QED) is 0.751. The molecule has 1 unspecified atom stereocenters. The van der Waals surface area contributed by atoms with Crippen molar-refractivity contribution >= 4 is 15.7 Å². The van der Waals surface area contributed by atoms with Crippen LogP contribution >= 0.6 is 0 Å². The zero-order valence-electron chi connectivity index (χ0n) is 13.5. The summed E-state index contributed by atoms with van der Waals surface area (Å²) in [5.74, 6) is 0. The third-order valence-corrected chi connectivity index (χ3v) is 6.74. The van der Waals surface area contributed by atoms with Gasteiger partial charge in [0.15, 0.2) is 0 Å². The van der Waals surface area contributed by atoms with E-state index in [0.717, 1.165) is 11.3 Å². The lowest BCUT2D eigenvalue weighted by molar-refractivity contribution is 0.0898. The van der Waals surface area contributed by atoms with Gasteiger partial charge < -0.3 is 16.8 Å². The zero-order valence-corrected chi connectivity index (χ0v) is 14.4. The van der Waals surface area contributed by atoms with Crippen molar-refractivity contribution in [3.8, 4) is 0 Å². The first-order valence-electron chi connectivity index (χ1n) is 7.75. The maximum absolute atomic E-state index is 11.8. The molecule has 0 amide bonds. The van der Waals surface area contributed by atoms with Gasteiger partial charge in [-0.25, -0.2) is 12.7 Å². The van der Waals surface area contributed by atoms with E-state index < -0.39 is 15.6 Å². The topological polar surface area (TPSA) is 101 Å². The minimum atomic E-state index is -3.17. The summed E-state index contributed by atoms with van der Waals surface area (Å²) in [7, 11) is -3.17. The first kappa shape index (κ1) is 16.3. The maximum atomic E-state index is 11.8. The smallest absolute Gasteiger partial charge is 0.211 e. The number of sulfonamides is 1. The van der Waals surface area contributed by atoms with Gasteiger partial charge in [-0.15, -0.1) is 0 Å². The highest BCUT2D eigenvalue weighted by Crippen LogP contribution is 2.51. The van der Waals surface area contributed by atoms with Gasteiger partial charge in [-0.1, -0.05) is 25.1 Å². The summed E-state index contributed by atoms with van der Waals surface area (Å²) in [6.07, 6.45) is 4.34. The molecule has 5 N–H and O–H groups in total. The Morgan fingerprint density at radius 3 is 2.43 bits per heavy atom. The number of fused-ring (bicyclic) bond motifs is 1. The van der Waals surface area contributed by atoms with Gasteiger partial charge in [-0.3, -0.25) is 0 Å². The fourth-order valence-electron chi connectivity index (χ4n) is 3.76. The van der Waals surface area contributed by atoms with Gasteiger partial charge in [0.05, 0.1) is 11.8 Å². The molecule has 3 rings (SSSR count). The van der Waals surface area contributed by atoms with Crippen LogP contribution in [0.1, 0.15) is 25.3 Å². The molecule has 1 saturated heterocycles. The summed E-state index contributed by atoms with van der Waals surface area (Å²) in [6, 6.07) is 7.89. The Bertz CT molecular complexity index is 751. The molecule has 0 bridgehead atoms. The Hall–Kier alpha value is -1.57. The van der Waals surface area contributed by atoms with Crippen molar-refractivity contribution in [1.29, 1.82) is 0 Å². The lowest BCUT2D eigenvalue weighted by Gasteiger charge is -2.52. The number of nitrogens with zero attached hydrogens (tertiary/aromatic N) is 1. The van der Waals surface area contributed by atoms with Gasteiger partial charge >= 0.3 is 0 Å². The van der Waals surface area contributed by atoms with Crippen LogP contribution in [-0.4, -0.2) is 32.1 Å². The van der Waals surface area contributed by atoms with Crippen LogP contribution in [0.5, 0.6) is 0 Å². The Kier molecular flexibility index (Phi) is 3.70. The second kappa shape index (κ2) is 5.22. The van der Waals surface area contributed by atoms with Crippen LogP contribution in [0.3, 0.4) is 0 Å². The van der Waals surface area contributed by atoms with E-state index >= 15 is 0 Å². The summed E-state index contributed by atoms with van der Waals surface area (Å²) >= 11 is 0. The monoisotopic (exact) mass is 336 g/mol. The third-order valence-electron chi connectivity index (χ3n) is 5.44. The number of anilines is 1. The molecule has 0 aromatic heterocycles. The highest BCUT2D eigenvalue weighted by atomic mass is 32.2. The second-order valence-electron chi connectivity index (χ2n) is 6.82. The molecule has 23 heavy (non-hydrogen) atoms. The average molecular weight is 336 g/mol. The molecule has 2 heterocycles. The number of nitrogens with one attached hydrogen (secondary N) is 1. The third kappa shape index (κ3) is 2.43. The van der Waals surface area contributed by atoms with E-state index in [4.69, 9.17) is 11.5 Å². The average Bonchev–Trinajstić information content (AvgIpc) is 2.50. The predicted octanol–water partition coefficient (Wildman–Crippen LogP) is 1.13. The summed E-state index contributed by atoms with van der Waals surface area (Å²) in [5, 5.41) is 3.18. The normalized spacial score (nSPS) is 27.7. The predicted molar refractivity (Wildman–Crippen MR) is 92.0 cm³/mol. The number of benzene rings is 1. The lowest BCUT2D eigenvalue weighted by Crippen LogP contribution is -2.59. The van der Waals surface area contributed by atoms with Crippen molar-refractivity contribution < 1.29 is 8.42 Å². The lowest BCUT2D eigenvalue weighted by atomic mass is 9.60. The molecular formula is C16H24N4O2S. The van der Waals surface area contributed by atoms with E-state index in [1.165, 1.54) is 10.6 Å². The molecule has 7 heteroatoms. The van der Waals surface area contributed by atoms with Crippen LogP contribution in [0.2, 0.25) is 0 Å². The minimum absolute atomic E-state index is 0.313. The fourth-order valence-corrected chi connectivity index (χ4v) is 4.60. The molecule has 126 valence electrons. The SMILES string of the molecule is CC1(C2(N)C(N)=CNc3ccccc32)CCN(S(C)(=O)=O)CC1. The number of rotatable bonds is 2. The highest BCUT2D eigenvalue weighted by molar-refractivity contribution is 7.88. The summed E-state index contributed by atoms with van der Waals surface area (Å²) in [5.41, 5.74) is 14.6. The van der Waals surface area contributed by atoms with Crippen molar-refractivity contribution in [2.24, 2.45) is 16.9 Å². The van der Waals surface area contributed by atoms with E-state index in [0.29, 0.717) is 31.6 Å². The van der Waals surface area contributed by atoms with Gasteiger partial charge in [0, 0.05) is 36.2 Å². The van der Waals surface area contributed by atoms with Gasteiger partial charge in [0.1, 0.15) is 0 Å². The molecule has 1 fully saturated rings. The molecule has 2 aliphatic rings. The Labute approximate surface area is 137 Å². The molecule has 0 spiro atoms. The van der Waals surface area contributed by atoms with Gasteiger partial charge in [0.25, 0.3) is 0 Å². The molecule has 6 nitrogen and oxygen atoms in total. The minimum Gasteiger partial charge on any atom is -0.399 e. The molecule has 0 radical (unpaired) electrons. The number of piperidine rings is 1. The summed E-state index contributed by atoms with van der Waals surface area (Å²) < 4.78 is 25.0. The van der Waals surface area contributed by atoms with Crippen LogP contribution in [0, 0.1) is 5.41 Å². The van der Waals surface area contributed by atoms with Gasteiger partial charge in [-0.05, 0) is 24.3 Å². The summed E-state index contributed by atoms with van der Waals surface area (Å²) in [6.45, 7) is 3.05. The molecule has 1 atom stereocenters. The van der Waals surface area contributed by atoms with Crippen molar-refractivity contribution in [2.75, 3.05) is 24.7 Å². The highest BCUT2D eigenvalue weighted by Gasteiger charge is 2.52. The van der Waals surface area contributed by atoms with Gasteiger partial charge in [0.2, 0.25) is 10.0 Å². The van der Waals surface area contributed by atoms with Crippen LogP contribution in [0.4, 0.5) is 5.69 Å². The fraction of sp³-hybridized carbons (Fsp3) is 0.500. The van der Waals surface area contributed by atoms with Crippen LogP contribution in [-0.2, 0) is 15.6 Å². The van der Waals surface area contributed by atoms with Crippen LogP contribution in [0.15, 0.2) is 36.2 Å². The zero-order chi connectivity index (χ0) is 16.9. The molecule has 0 aliphatic carbocycles. The molecule has 0 saturated carbocycles. The molecule has 1 aromatic carbocycles. The van der Waals surface area contributed by atoms with Gasteiger partial charge in [-0.2, -0.15) is 0 Å². The molecular weight excluding hydrogens is 312 g/mol. The number of hydrogen-bond donors (Lipinski definition) is 3. The maximum Gasteiger partial charge on any atom is 0.211 e. The van der Waals surface area contributed by atoms with E-state index in [2.05, 4.69) is 12.2 Å². The van der Waals surface area contributed by atoms with Crippen molar-refractivity contribution in [1.82, 2.24) is 4.31 Å². The number of nitrogens with two attached hydrogens (primary N) is 2. The van der Waals surface area contributed by atoms with Crippen molar-refractivity contribution in [2.45, 2.75) is 25.3 Å². The van der Waals surface area contributed by atoms with Crippen molar-refractivity contribution in [3.05, 3.63) is 41.7 Å². The van der Waals surface area contributed by atoms with E-state index in [1.54, 1.807) is 6.20 Å².